The molecule has 0 spiro atoms. The summed E-state index contributed by atoms with van der Waals surface area (Å²) < 4.78 is 12.8. The van der Waals surface area contributed by atoms with Crippen LogP contribution in [0.5, 0.6) is 0 Å². The van der Waals surface area contributed by atoms with Crippen molar-refractivity contribution in [3.05, 3.63) is 0 Å². The van der Waals surface area contributed by atoms with Gasteiger partial charge in [0.2, 0.25) is 0 Å². The molecule has 1 aliphatic heterocycles. The van der Waals surface area contributed by atoms with E-state index in [0.717, 1.165) is 6.42 Å². The van der Waals surface area contributed by atoms with Gasteiger partial charge < -0.3 is 18.9 Å². The zero-order valence-corrected chi connectivity index (χ0v) is 19.9. The summed E-state index contributed by atoms with van der Waals surface area (Å²) in [4.78, 5) is 13.2. The van der Waals surface area contributed by atoms with E-state index in [2.05, 4.69) is 67.7 Å². The fourth-order valence-electron chi connectivity index (χ4n) is 2.47. The number of rotatable bonds is 5. The molecule has 5 nitrogen and oxygen atoms in total. The van der Waals surface area contributed by atoms with Crippen LogP contribution in [0.15, 0.2) is 0 Å². The molecule has 0 aliphatic carbocycles. The highest BCUT2D eigenvalue weighted by molar-refractivity contribution is 6.74. The normalized spacial score (nSPS) is 23.2. The molecule has 1 fully saturated rings. The van der Waals surface area contributed by atoms with Crippen LogP contribution >= 0.6 is 0 Å². The van der Waals surface area contributed by atoms with E-state index in [1.807, 2.05) is 0 Å². The van der Waals surface area contributed by atoms with Gasteiger partial charge in [-0.3, -0.25) is 0 Å². The Morgan fingerprint density at radius 2 is 1.52 bits per heavy atom. The number of hydrogen-bond acceptors (Lipinski definition) is 3. The van der Waals surface area contributed by atoms with Gasteiger partial charge in [-0.1, -0.05) is 41.5 Å². The van der Waals surface area contributed by atoms with E-state index in [-0.39, 0.29) is 22.2 Å². The Morgan fingerprint density at radius 1 is 1.04 bits per heavy atom. The molecule has 1 aliphatic rings. The lowest BCUT2D eigenvalue weighted by atomic mass is 10.2. The first-order valence-electron chi connectivity index (χ1n) is 9.29. The second-order valence-electron chi connectivity index (χ2n) is 10.4. The van der Waals surface area contributed by atoms with E-state index in [9.17, 15) is 9.90 Å². The SMILES string of the molecule is CC(C)(C)[Si](C)(C)OC[C@@H]1C[C@@H](O[Si](C)(C)C(C)(C)C)CN1C(=O)O. The van der Waals surface area contributed by atoms with Gasteiger partial charge in [0.1, 0.15) is 0 Å². The highest BCUT2D eigenvalue weighted by Crippen LogP contribution is 2.40. The smallest absolute Gasteiger partial charge is 0.407 e. The third kappa shape index (κ3) is 5.55. The second-order valence-corrected chi connectivity index (χ2v) is 20.0. The standard InChI is InChI=1S/C18H39NO4Si2/c1-17(2,3)24(7,8)22-13-14-11-15(12-19(14)16(20)21)23-25(9,10)18(4,5)6/h14-15H,11-13H2,1-10H3,(H,20,21)/t14-,15+/m0/s1. The fourth-order valence-corrected chi connectivity index (χ4v) is 4.87. The van der Waals surface area contributed by atoms with Gasteiger partial charge in [0.05, 0.1) is 18.8 Å². The lowest BCUT2D eigenvalue weighted by Crippen LogP contribution is -2.45. The number of carboxylic acid groups (broad SMARTS) is 1. The molecule has 2 atom stereocenters. The highest BCUT2D eigenvalue weighted by atomic mass is 28.4. The zero-order valence-electron chi connectivity index (χ0n) is 17.9. The molecule has 7 heteroatoms. The fraction of sp³-hybridized carbons (Fsp3) is 0.944. The monoisotopic (exact) mass is 389 g/mol. The van der Waals surface area contributed by atoms with E-state index in [1.54, 1.807) is 0 Å². The van der Waals surface area contributed by atoms with Crippen LogP contribution in [0.25, 0.3) is 0 Å². The van der Waals surface area contributed by atoms with Crippen LogP contribution in [0.4, 0.5) is 4.79 Å². The average molecular weight is 390 g/mol. The predicted octanol–water partition coefficient (Wildman–Crippen LogP) is 5.15. The molecule has 1 amide bonds. The first kappa shape index (κ1) is 22.7. The van der Waals surface area contributed by atoms with Gasteiger partial charge in [-0.05, 0) is 42.7 Å². The lowest BCUT2D eigenvalue weighted by molar-refractivity contribution is 0.117. The van der Waals surface area contributed by atoms with Crippen LogP contribution in [0, 0.1) is 0 Å². The van der Waals surface area contributed by atoms with Crippen molar-refractivity contribution in [3.8, 4) is 0 Å². The summed E-state index contributed by atoms with van der Waals surface area (Å²) >= 11 is 0. The minimum absolute atomic E-state index is 0.0231. The molecular weight excluding hydrogens is 350 g/mol. The molecule has 0 unspecified atom stereocenters. The Hall–Kier alpha value is -0.376. The van der Waals surface area contributed by atoms with Crippen LogP contribution in [0.3, 0.4) is 0 Å². The number of amides is 1. The summed E-state index contributed by atoms with van der Waals surface area (Å²) in [5.74, 6) is 0. The van der Waals surface area contributed by atoms with Crippen LogP contribution < -0.4 is 0 Å². The molecule has 0 saturated carbocycles. The number of hydrogen-bond donors (Lipinski definition) is 1. The van der Waals surface area contributed by atoms with Crippen LogP contribution in [-0.4, -0.2) is 58.0 Å². The summed E-state index contributed by atoms with van der Waals surface area (Å²) in [6, 6.07) is -0.110. The molecule has 0 aromatic heterocycles. The summed E-state index contributed by atoms with van der Waals surface area (Å²) in [5.41, 5.74) is 0. The van der Waals surface area contributed by atoms with Crippen LogP contribution in [0.2, 0.25) is 36.3 Å². The van der Waals surface area contributed by atoms with Gasteiger partial charge in [0.25, 0.3) is 0 Å². The van der Waals surface area contributed by atoms with Crippen molar-refractivity contribution in [2.75, 3.05) is 13.2 Å². The van der Waals surface area contributed by atoms with Crippen molar-refractivity contribution in [2.45, 2.75) is 96.4 Å². The van der Waals surface area contributed by atoms with E-state index >= 15 is 0 Å². The molecule has 1 heterocycles. The van der Waals surface area contributed by atoms with E-state index < -0.39 is 22.7 Å². The molecule has 0 aromatic rings. The van der Waals surface area contributed by atoms with E-state index in [1.165, 1.54) is 4.90 Å². The minimum Gasteiger partial charge on any atom is -0.465 e. The molecule has 0 bridgehead atoms. The van der Waals surface area contributed by atoms with Gasteiger partial charge in [-0.25, -0.2) is 4.79 Å². The molecule has 1 N–H and O–H groups in total. The Balaban J connectivity index is 2.79. The summed E-state index contributed by atoms with van der Waals surface area (Å²) in [7, 11) is -3.79. The Bertz CT molecular complexity index is 480. The van der Waals surface area contributed by atoms with Crippen molar-refractivity contribution in [3.63, 3.8) is 0 Å². The molecule has 25 heavy (non-hydrogen) atoms. The second kappa shape index (κ2) is 7.33. The summed E-state index contributed by atoms with van der Waals surface area (Å²) in [6.07, 6.45) is -0.164. The lowest BCUT2D eigenvalue weighted by Gasteiger charge is -2.38. The Kier molecular flexibility index (Phi) is 6.64. The topological polar surface area (TPSA) is 59.0 Å². The molecule has 1 rings (SSSR count). The summed E-state index contributed by atoms with van der Waals surface area (Å²) in [5, 5.41) is 9.83. The first-order chi connectivity index (χ1) is 11.0. The molecule has 0 radical (unpaired) electrons. The van der Waals surface area contributed by atoms with Crippen molar-refractivity contribution in [1.82, 2.24) is 4.90 Å². The van der Waals surface area contributed by atoms with Crippen LogP contribution in [-0.2, 0) is 8.85 Å². The maximum absolute atomic E-state index is 11.7. The van der Waals surface area contributed by atoms with Crippen molar-refractivity contribution < 1.29 is 18.8 Å². The van der Waals surface area contributed by atoms with Crippen LogP contribution in [0.1, 0.15) is 48.0 Å². The van der Waals surface area contributed by atoms with Crippen molar-refractivity contribution in [2.24, 2.45) is 0 Å². The third-order valence-electron chi connectivity index (χ3n) is 6.33. The van der Waals surface area contributed by atoms with Gasteiger partial charge in [-0.15, -0.1) is 0 Å². The maximum atomic E-state index is 11.7. The van der Waals surface area contributed by atoms with Gasteiger partial charge in [0, 0.05) is 6.54 Å². The number of likely N-dealkylation sites (tertiary alicyclic amines) is 1. The zero-order chi connectivity index (χ0) is 19.8. The minimum atomic E-state index is -1.91. The summed E-state index contributed by atoms with van der Waals surface area (Å²) in [6.45, 7) is 23.0. The highest BCUT2D eigenvalue weighted by Gasteiger charge is 2.45. The number of carbonyl (C=O) groups is 1. The van der Waals surface area contributed by atoms with Crippen molar-refractivity contribution >= 4 is 22.7 Å². The molecular formula is C18H39NO4Si2. The Labute approximate surface area is 156 Å². The van der Waals surface area contributed by atoms with Crippen molar-refractivity contribution in [1.29, 1.82) is 0 Å². The first-order valence-corrected chi connectivity index (χ1v) is 15.1. The van der Waals surface area contributed by atoms with E-state index in [0.29, 0.717) is 13.2 Å². The van der Waals surface area contributed by atoms with E-state index in [4.69, 9.17) is 8.85 Å². The van der Waals surface area contributed by atoms with Gasteiger partial charge >= 0.3 is 6.09 Å². The van der Waals surface area contributed by atoms with Gasteiger partial charge in [-0.2, -0.15) is 0 Å². The Morgan fingerprint density at radius 3 is 1.92 bits per heavy atom. The largest absolute Gasteiger partial charge is 0.465 e. The number of nitrogens with zero attached hydrogens (tertiary/aromatic N) is 1. The molecule has 0 aromatic carbocycles. The predicted molar refractivity (Wildman–Crippen MR) is 108 cm³/mol. The average Bonchev–Trinajstić information content (AvgIpc) is 2.76. The third-order valence-corrected chi connectivity index (χ3v) is 15.4. The molecule has 1 saturated heterocycles. The maximum Gasteiger partial charge on any atom is 0.407 e. The quantitative estimate of drug-likeness (QED) is 0.660. The molecule has 148 valence electrons. The van der Waals surface area contributed by atoms with Gasteiger partial charge in [0.15, 0.2) is 16.6 Å².